The molecule has 0 aliphatic rings. The Balaban J connectivity index is 0.00000172. The maximum Gasteiger partial charge on any atom is 0.194 e. The summed E-state index contributed by atoms with van der Waals surface area (Å²) in [4.78, 5) is 17.9. The molecule has 176 valence electrons. The van der Waals surface area contributed by atoms with Crippen LogP contribution in [0.3, 0.4) is 0 Å². The third-order valence-corrected chi connectivity index (χ3v) is 4.83. The largest absolute Gasteiger partial charge is 0.389 e. The number of aromatic nitrogens is 3. The minimum absolute atomic E-state index is 0.0350. The SMILES string of the molecule is C#CC.C/C=C\c1ncc(-c2cnn(C)c2)cc1C(=O)C(/C=C(\C)NCCCC(C)C)=C/C. The summed E-state index contributed by atoms with van der Waals surface area (Å²) in [6, 6.07) is 1.91. The highest BCUT2D eigenvalue weighted by atomic mass is 16.1. The quantitative estimate of drug-likeness (QED) is 0.155. The number of carbonyl (C=O) groups is 1. The summed E-state index contributed by atoms with van der Waals surface area (Å²) in [7, 11) is 1.87. The van der Waals surface area contributed by atoms with Crippen LogP contribution >= 0.6 is 0 Å². The van der Waals surface area contributed by atoms with E-state index in [0.29, 0.717) is 22.7 Å². The molecule has 0 aliphatic heterocycles. The Bertz CT molecular complexity index is 1030. The number of ketones is 1. The van der Waals surface area contributed by atoms with Gasteiger partial charge in [-0.05, 0) is 64.7 Å². The van der Waals surface area contributed by atoms with E-state index in [4.69, 9.17) is 0 Å². The number of Topliss-reactive ketones (excluding diaryl/α,β-unsaturated/α-hetero) is 1. The van der Waals surface area contributed by atoms with Crippen LogP contribution in [-0.4, -0.2) is 27.1 Å². The van der Waals surface area contributed by atoms with Gasteiger partial charge in [0, 0.05) is 53.9 Å². The first-order valence-corrected chi connectivity index (χ1v) is 11.4. The number of allylic oxidation sites excluding steroid dienone is 5. The van der Waals surface area contributed by atoms with Gasteiger partial charge in [0.15, 0.2) is 5.78 Å². The van der Waals surface area contributed by atoms with Crippen LogP contribution in [0.15, 0.2) is 54.2 Å². The first-order valence-electron chi connectivity index (χ1n) is 11.4. The zero-order valence-electron chi connectivity index (χ0n) is 21.1. The van der Waals surface area contributed by atoms with Crippen molar-refractivity contribution in [1.82, 2.24) is 20.1 Å². The van der Waals surface area contributed by atoms with Crippen molar-refractivity contribution in [2.45, 2.75) is 54.4 Å². The van der Waals surface area contributed by atoms with Gasteiger partial charge in [-0.2, -0.15) is 5.10 Å². The molecule has 0 aliphatic carbocycles. The van der Waals surface area contributed by atoms with Crippen molar-refractivity contribution in [3.05, 3.63) is 65.4 Å². The number of terminal acetylenes is 1. The molecule has 2 aromatic heterocycles. The molecular weight excluding hydrogens is 408 g/mol. The zero-order valence-corrected chi connectivity index (χ0v) is 21.1. The Labute approximate surface area is 199 Å². The minimum Gasteiger partial charge on any atom is -0.389 e. The molecular formula is C28H38N4O. The lowest BCUT2D eigenvalue weighted by molar-refractivity contribution is 0.103. The highest BCUT2D eigenvalue weighted by Crippen LogP contribution is 2.23. The van der Waals surface area contributed by atoms with Crippen molar-refractivity contribution in [2.24, 2.45) is 13.0 Å². The average molecular weight is 447 g/mol. The molecule has 0 amide bonds. The van der Waals surface area contributed by atoms with E-state index in [2.05, 4.69) is 41.6 Å². The van der Waals surface area contributed by atoms with Crippen LogP contribution < -0.4 is 5.32 Å². The fourth-order valence-corrected chi connectivity index (χ4v) is 3.19. The number of carbonyl (C=O) groups excluding carboxylic acids is 1. The molecule has 0 bridgehead atoms. The van der Waals surface area contributed by atoms with Gasteiger partial charge >= 0.3 is 0 Å². The Morgan fingerprint density at radius 3 is 2.52 bits per heavy atom. The van der Waals surface area contributed by atoms with Crippen molar-refractivity contribution in [3.8, 4) is 23.5 Å². The van der Waals surface area contributed by atoms with Crippen molar-refractivity contribution in [3.63, 3.8) is 0 Å². The lowest BCUT2D eigenvalue weighted by Gasteiger charge is -2.11. The first-order chi connectivity index (χ1) is 15.8. The molecule has 0 aromatic carbocycles. The summed E-state index contributed by atoms with van der Waals surface area (Å²) in [5, 5.41) is 7.64. The van der Waals surface area contributed by atoms with Crippen LogP contribution in [0.25, 0.3) is 17.2 Å². The number of nitrogens with zero attached hydrogens (tertiary/aromatic N) is 3. The van der Waals surface area contributed by atoms with Crippen LogP contribution in [0.1, 0.15) is 70.4 Å². The molecule has 0 fully saturated rings. The molecule has 0 saturated carbocycles. The molecule has 0 saturated heterocycles. The fourth-order valence-electron chi connectivity index (χ4n) is 3.19. The van der Waals surface area contributed by atoms with E-state index in [1.54, 1.807) is 24.0 Å². The monoisotopic (exact) mass is 446 g/mol. The van der Waals surface area contributed by atoms with E-state index < -0.39 is 0 Å². The van der Waals surface area contributed by atoms with Crippen LogP contribution in [0, 0.1) is 18.3 Å². The van der Waals surface area contributed by atoms with E-state index in [-0.39, 0.29) is 5.78 Å². The molecule has 0 atom stereocenters. The highest BCUT2D eigenvalue weighted by molar-refractivity contribution is 6.12. The number of hydrogen-bond donors (Lipinski definition) is 1. The third-order valence-electron chi connectivity index (χ3n) is 4.83. The van der Waals surface area contributed by atoms with Gasteiger partial charge in [0.2, 0.25) is 0 Å². The van der Waals surface area contributed by atoms with Gasteiger partial charge in [-0.3, -0.25) is 14.5 Å². The highest BCUT2D eigenvalue weighted by Gasteiger charge is 2.16. The summed E-state index contributed by atoms with van der Waals surface area (Å²) in [6.45, 7) is 12.8. The molecule has 0 spiro atoms. The first kappa shape index (κ1) is 27.6. The number of pyridine rings is 1. The molecule has 2 aromatic rings. The number of nitrogens with one attached hydrogen (secondary N) is 1. The van der Waals surface area contributed by atoms with E-state index in [1.807, 2.05) is 64.4 Å². The van der Waals surface area contributed by atoms with Crippen LogP contribution in [-0.2, 0) is 7.05 Å². The lowest BCUT2D eigenvalue weighted by Crippen LogP contribution is -2.14. The van der Waals surface area contributed by atoms with Gasteiger partial charge in [0.25, 0.3) is 0 Å². The van der Waals surface area contributed by atoms with Crippen LogP contribution in [0.5, 0.6) is 0 Å². The second-order valence-corrected chi connectivity index (χ2v) is 8.21. The maximum atomic E-state index is 13.4. The van der Waals surface area contributed by atoms with Crippen LogP contribution in [0.4, 0.5) is 0 Å². The summed E-state index contributed by atoms with van der Waals surface area (Å²) in [5.74, 6) is 2.92. The van der Waals surface area contributed by atoms with Gasteiger partial charge in [-0.15, -0.1) is 12.3 Å². The van der Waals surface area contributed by atoms with E-state index in [0.717, 1.165) is 29.8 Å². The lowest BCUT2D eigenvalue weighted by atomic mass is 9.97. The molecule has 2 heterocycles. The minimum atomic E-state index is -0.0350. The molecule has 0 unspecified atom stereocenters. The fraction of sp³-hybridized carbons (Fsp3) is 0.393. The predicted molar refractivity (Wildman–Crippen MR) is 140 cm³/mol. The Morgan fingerprint density at radius 2 is 1.97 bits per heavy atom. The van der Waals surface area contributed by atoms with E-state index >= 15 is 0 Å². The molecule has 5 nitrogen and oxygen atoms in total. The molecule has 5 heteroatoms. The number of rotatable bonds is 10. The summed E-state index contributed by atoms with van der Waals surface area (Å²) >= 11 is 0. The van der Waals surface area contributed by atoms with Gasteiger partial charge in [-0.1, -0.05) is 26.0 Å². The van der Waals surface area contributed by atoms with Gasteiger partial charge in [0.1, 0.15) is 0 Å². The molecule has 0 radical (unpaired) electrons. The predicted octanol–water partition coefficient (Wildman–Crippen LogP) is 6.21. The maximum absolute atomic E-state index is 13.4. The summed E-state index contributed by atoms with van der Waals surface area (Å²) < 4.78 is 1.74. The van der Waals surface area contributed by atoms with Crippen LogP contribution in [0.2, 0.25) is 0 Å². The normalized spacial score (nSPS) is 11.8. The van der Waals surface area contributed by atoms with Gasteiger partial charge in [0.05, 0.1) is 11.9 Å². The van der Waals surface area contributed by atoms with E-state index in [9.17, 15) is 4.79 Å². The Hall–Kier alpha value is -3.39. The Morgan fingerprint density at radius 1 is 1.27 bits per heavy atom. The summed E-state index contributed by atoms with van der Waals surface area (Å²) in [5.41, 5.74) is 4.72. The third kappa shape index (κ3) is 9.33. The number of aryl methyl sites for hydroxylation is 1. The molecule has 33 heavy (non-hydrogen) atoms. The molecule has 2 rings (SSSR count). The van der Waals surface area contributed by atoms with Crippen molar-refractivity contribution < 1.29 is 4.79 Å². The molecule has 1 N–H and O–H groups in total. The van der Waals surface area contributed by atoms with Gasteiger partial charge in [-0.25, -0.2) is 0 Å². The zero-order chi connectivity index (χ0) is 24.8. The van der Waals surface area contributed by atoms with Crippen molar-refractivity contribution in [2.75, 3.05) is 6.54 Å². The summed E-state index contributed by atoms with van der Waals surface area (Å²) in [6.07, 6.45) is 19.9. The Kier molecular flexibility index (Phi) is 12.3. The van der Waals surface area contributed by atoms with Gasteiger partial charge < -0.3 is 5.32 Å². The second-order valence-electron chi connectivity index (χ2n) is 8.21. The van der Waals surface area contributed by atoms with E-state index in [1.165, 1.54) is 6.42 Å². The second kappa shape index (κ2) is 14.6. The van der Waals surface area contributed by atoms with Crippen molar-refractivity contribution in [1.29, 1.82) is 0 Å². The smallest absolute Gasteiger partial charge is 0.194 e. The average Bonchev–Trinajstić information content (AvgIpc) is 3.22. The standard InChI is InChI=1S/C25H34N4O.C3H4/c1-7-10-24-23(14-21(15-27-24)22-16-28-29(6)17-22)25(30)20(8-2)13-19(5)26-12-9-11-18(3)4;1-3-2/h7-8,10,13-18,26H,9,11-12H2,1-6H3;1H,2H3/b10-7-,19-13+,20-8+;. The van der Waals surface area contributed by atoms with Crippen molar-refractivity contribution >= 4 is 11.9 Å². The number of hydrogen-bond acceptors (Lipinski definition) is 4. The topological polar surface area (TPSA) is 59.8 Å².